The third-order valence-electron chi connectivity index (χ3n) is 2.97. The Balaban J connectivity index is 1.84. The average Bonchev–Trinajstić information content (AvgIpc) is 3.19. The summed E-state index contributed by atoms with van der Waals surface area (Å²) in [4.78, 5) is 15.8. The minimum atomic E-state index is 0.0499. The van der Waals surface area contributed by atoms with Crippen LogP contribution in [-0.2, 0) is 4.79 Å². The van der Waals surface area contributed by atoms with Crippen molar-refractivity contribution in [3.8, 4) is 0 Å². The van der Waals surface area contributed by atoms with Gasteiger partial charge in [-0.15, -0.1) is 0 Å². The summed E-state index contributed by atoms with van der Waals surface area (Å²) in [5.74, 6) is 0.231. The lowest BCUT2D eigenvalue weighted by Crippen LogP contribution is -2.30. The van der Waals surface area contributed by atoms with Gasteiger partial charge in [-0.1, -0.05) is 11.6 Å². The molecule has 1 aliphatic rings. The Morgan fingerprint density at radius 1 is 1.33 bits per heavy atom. The molecule has 1 saturated carbocycles. The zero-order valence-electron chi connectivity index (χ0n) is 9.61. The maximum atomic E-state index is 11.6. The van der Waals surface area contributed by atoms with Gasteiger partial charge in [-0.3, -0.25) is 20.6 Å². The summed E-state index contributed by atoms with van der Waals surface area (Å²) >= 11 is 5.92. The number of pyridine rings is 1. The maximum absolute atomic E-state index is 11.6. The number of carbonyl (C=O) groups is 1. The lowest BCUT2D eigenvalue weighted by Gasteiger charge is -2.10. The van der Waals surface area contributed by atoms with E-state index in [0.717, 1.165) is 29.4 Å². The molecule has 0 radical (unpaired) electrons. The fraction of sp³-hybridized carbons (Fsp3) is 0.231. The number of aromatic nitrogens is 1. The van der Waals surface area contributed by atoms with E-state index in [1.165, 1.54) is 0 Å². The largest absolute Gasteiger partial charge is 0.298 e. The first-order valence-electron chi connectivity index (χ1n) is 5.84. The minimum absolute atomic E-state index is 0.0499. The van der Waals surface area contributed by atoms with Gasteiger partial charge < -0.3 is 0 Å². The third kappa shape index (κ3) is 2.24. The molecule has 1 amide bonds. The van der Waals surface area contributed by atoms with Crippen LogP contribution in [-0.4, -0.2) is 10.9 Å². The van der Waals surface area contributed by atoms with Gasteiger partial charge in [0.15, 0.2) is 0 Å². The molecular formula is C13H12ClN3O. The molecule has 0 saturated heterocycles. The molecule has 3 rings (SSSR count). The number of rotatable bonds is 3. The summed E-state index contributed by atoms with van der Waals surface area (Å²) in [6.45, 7) is 0. The third-order valence-corrected chi connectivity index (χ3v) is 3.21. The van der Waals surface area contributed by atoms with E-state index in [2.05, 4.69) is 15.8 Å². The molecule has 4 nitrogen and oxygen atoms in total. The first kappa shape index (κ1) is 11.3. The molecule has 5 heteroatoms. The van der Waals surface area contributed by atoms with E-state index in [1.54, 1.807) is 18.3 Å². The Kier molecular flexibility index (Phi) is 2.80. The Morgan fingerprint density at radius 3 is 2.94 bits per heavy atom. The van der Waals surface area contributed by atoms with E-state index in [0.29, 0.717) is 5.02 Å². The highest BCUT2D eigenvalue weighted by Gasteiger charge is 2.29. The number of nitrogens with one attached hydrogen (secondary N) is 2. The predicted molar refractivity (Wildman–Crippen MR) is 71.2 cm³/mol. The highest BCUT2D eigenvalue weighted by Crippen LogP contribution is 2.29. The summed E-state index contributed by atoms with van der Waals surface area (Å²) in [7, 11) is 0. The zero-order chi connectivity index (χ0) is 12.5. The minimum Gasteiger partial charge on any atom is -0.298 e. The Morgan fingerprint density at radius 2 is 2.17 bits per heavy atom. The number of hydrazine groups is 1. The van der Waals surface area contributed by atoms with Crippen molar-refractivity contribution in [1.29, 1.82) is 0 Å². The first-order chi connectivity index (χ1) is 8.74. The van der Waals surface area contributed by atoms with Crippen LogP contribution in [0, 0.1) is 5.92 Å². The van der Waals surface area contributed by atoms with Gasteiger partial charge in [0.25, 0.3) is 0 Å². The van der Waals surface area contributed by atoms with E-state index >= 15 is 0 Å². The summed E-state index contributed by atoms with van der Waals surface area (Å²) in [6.07, 6.45) is 3.66. The molecule has 0 bridgehead atoms. The number of halogens is 1. The van der Waals surface area contributed by atoms with Crippen molar-refractivity contribution in [3.63, 3.8) is 0 Å². The van der Waals surface area contributed by atoms with Gasteiger partial charge in [0.05, 0.1) is 11.2 Å². The summed E-state index contributed by atoms with van der Waals surface area (Å²) in [5, 5.41) is 1.58. The zero-order valence-corrected chi connectivity index (χ0v) is 10.4. The quantitative estimate of drug-likeness (QED) is 0.836. The lowest BCUT2D eigenvalue weighted by atomic mass is 10.2. The van der Waals surface area contributed by atoms with E-state index in [1.807, 2.05) is 12.1 Å². The number of benzene rings is 1. The van der Waals surface area contributed by atoms with Crippen LogP contribution in [0.1, 0.15) is 12.8 Å². The lowest BCUT2D eigenvalue weighted by molar-refractivity contribution is -0.121. The molecule has 0 spiro atoms. The van der Waals surface area contributed by atoms with E-state index < -0.39 is 0 Å². The number of amides is 1. The molecule has 1 aromatic carbocycles. The van der Waals surface area contributed by atoms with E-state index in [4.69, 9.17) is 11.6 Å². The van der Waals surface area contributed by atoms with Crippen molar-refractivity contribution >= 4 is 34.1 Å². The van der Waals surface area contributed by atoms with Gasteiger partial charge in [-0.2, -0.15) is 0 Å². The number of nitrogens with zero attached hydrogens (tertiary/aromatic N) is 1. The normalized spacial score (nSPS) is 14.5. The van der Waals surface area contributed by atoms with Crippen molar-refractivity contribution in [2.45, 2.75) is 12.8 Å². The van der Waals surface area contributed by atoms with Crippen molar-refractivity contribution in [2.24, 2.45) is 5.92 Å². The summed E-state index contributed by atoms with van der Waals surface area (Å²) in [6, 6.07) is 7.31. The first-order valence-corrected chi connectivity index (χ1v) is 6.22. The highest BCUT2D eigenvalue weighted by atomic mass is 35.5. The second-order valence-electron chi connectivity index (χ2n) is 4.41. The molecular weight excluding hydrogens is 250 g/mol. The van der Waals surface area contributed by atoms with Gasteiger partial charge in [0.2, 0.25) is 5.91 Å². The second-order valence-corrected chi connectivity index (χ2v) is 4.84. The van der Waals surface area contributed by atoms with Gasteiger partial charge >= 0.3 is 0 Å². The van der Waals surface area contributed by atoms with Crippen LogP contribution in [0.15, 0.2) is 30.5 Å². The number of fused-ring (bicyclic) bond motifs is 1. The molecule has 1 aliphatic carbocycles. The molecule has 0 aliphatic heterocycles. The number of carbonyl (C=O) groups excluding carboxylic acids is 1. The van der Waals surface area contributed by atoms with Crippen LogP contribution >= 0.6 is 11.6 Å². The van der Waals surface area contributed by atoms with Crippen molar-refractivity contribution in [1.82, 2.24) is 10.4 Å². The number of hydrogen-bond donors (Lipinski definition) is 2. The molecule has 18 heavy (non-hydrogen) atoms. The molecule has 1 fully saturated rings. The summed E-state index contributed by atoms with van der Waals surface area (Å²) in [5.41, 5.74) is 7.29. The van der Waals surface area contributed by atoms with Crippen LogP contribution < -0.4 is 10.9 Å². The SMILES string of the molecule is O=C(NNc1ccnc2cc(Cl)ccc12)C1CC1. The predicted octanol–water partition coefficient (Wildman–Crippen LogP) is 2.74. The second kappa shape index (κ2) is 4.46. The topological polar surface area (TPSA) is 54.0 Å². The van der Waals surface area contributed by atoms with Crippen molar-refractivity contribution in [3.05, 3.63) is 35.5 Å². The maximum Gasteiger partial charge on any atom is 0.241 e. The molecule has 0 unspecified atom stereocenters. The van der Waals surface area contributed by atoms with Gasteiger partial charge in [-0.05, 0) is 37.1 Å². The molecule has 92 valence electrons. The molecule has 0 atom stereocenters. The smallest absolute Gasteiger partial charge is 0.241 e. The molecule has 1 heterocycles. The van der Waals surface area contributed by atoms with E-state index in [9.17, 15) is 4.79 Å². The van der Waals surface area contributed by atoms with Gasteiger partial charge in [0.1, 0.15) is 0 Å². The fourth-order valence-electron chi connectivity index (χ4n) is 1.81. The average molecular weight is 262 g/mol. The Hall–Kier alpha value is -1.81. The van der Waals surface area contributed by atoms with E-state index in [-0.39, 0.29) is 11.8 Å². The van der Waals surface area contributed by atoms with Crippen molar-refractivity contribution in [2.75, 3.05) is 5.43 Å². The molecule has 1 aromatic heterocycles. The van der Waals surface area contributed by atoms with Crippen LogP contribution in [0.5, 0.6) is 0 Å². The van der Waals surface area contributed by atoms with Gasteiger partial charge in [-0.25, -0.2) is 0 Å². The van der Waals surface area contributed by atoms with Crippen molar-refractivity contribution < 1.29 is 4.79 Å². The van der Waals surface area contributed by atoms with Crippen LogP contribution in [0.3, 0.4) is 0 Å². The van der Waals surface area contributed by atoms with Gasteiger partial charge in [0, 0.05) is 22.5 Å². The molecule has 2 N–H and O–H groups in total. The highest BCUT2D eigenvalue weighted by molar-refractivity contribution is 6.31. The monoisotopic (exact) mass is 261 g/mol. The van der Waals surface area contributed by atoms with Crippen LogP contribution in [0.25, 0.3) is 10.9 Å². The fourth-order valence-corrected chi connectivity index (χ4v) is 1.97. The number of hydrogen-bond acceptors (Lipinski definition) is 3. The molecule has 2 aromatic rings. The summed E-state index contributed by atoms with van der Waals surface area (Å²) < 4.78 is 0. The standard InChI is InChI=1S/C13H12ClN3O/c14-9-3-4-10-11(5-6-15-12(10)7-9)16-17-13(18)8-1-2-8/h3-8H,1-2H2,(H,15,16)(H,17,18). The Labute approximate surface area is 109 Å². The van der Waals surface area contributed by atoms with Crippen LogP contribution in [0.2, 0.25) is 5.02 Å². The van der Waals surface area contributed by atoms with Crippen LogP contribution in [0.4, 0.5) is 5.69 Å². The number of anilines is 1. The Bertz CT molecular complexity index is 610.